The van der Waals surface area contributed by atoms with Crippen LogP contribution in [0.5, 0.6) is 0 Å². The standard InChI is InChI=1S/C23H30N4O.2ClH/c1-17(2)25-13-15-26(16-14-25)19-10-8-18(9-11-19)23(28)27-12-4-5-20-21(24)6-3-7-22(20)27;;/h3,6-11,17H,4-5,12-16,24H2,1-2H3;2*1H. The van der Waals surface area contributed by atoms with Crippen LogP contribution in [0.3, 0.4) is 0 Å². The lowest BCUT2D eigenvalue weighted by Gasteiger charge is -2.38. The van der Waals surface area contributed by atoms with Gasteiger partial charge in [-0.15, -0.1) is 24.8 Å². The number of halogens is 2. The van der Waals surface area contributed by atoms with Gasteiger partial charge in [0, 0.05) is 61.4 Å². The molecule has 2 aliphatic heterocycles. The maximum absolute atomic E-state index is 13.1. The predicted octanol–water partition coefficient (Wildman–Crippen LogP) is 4.24. The Hall–Kier alpha value is -1.95. The third kappa shape index (κ3) is 4.85. The molecule has 0 aliphatic carbocycles. The van der Waals surface area contributed by atoms with E-state index >= 15 is 0 Å². The zero-order valence-electron chi connectivity index (χ0n) is 17.7. The molecule has 1 fully saturated rings. The number of nitrogens with zero attached hydrogens (tertiary/aromatic N) is 3. The summed E-state index contributed by atoms with van der Waals surface area (Å²) in [6.07, 6.45) is 1.89. The summed E-state index contributed by atoms with van der Waals surface area (Å²) in [4.78, 5) is 19.9. The van der Waals surface area contributed by atoms with Crippen molar-refractivity contribution in [2.45, 2.75) is 32.7 Å². The zero-order chi connectivity index (χ0) is 19.7. The Morgan fingerprint density at radius 2 is 1.60 bits per heavy atom. The molecular formula is C23H32Cl2N4O. The van der Waals surface area contributed by atoms with Gasteiger partial charge >= 0.3 is 0 Å². The first kappa shape index (κ1) is 24.3. The number of hydrogen-bond donors (Lipinski definition) is 1. The molecule has 2 aromatic rings. The van der Waals surface area contributed by atoms with Crippen LogP contribution in [-0.4, -0.2) is 49.6 Å². The predicted molar refractivity (Wildman–Crippen MR) is 131 cm³/mol. The third-order valence-corrected chi connectivity index (χ3v) is 6.06. The lowest BCUT2D eigenvalue weighted by atomic mass is 9.99. The molecule has 0 aromatic heterocycles. The van der Waals surface area contributed by atoms with Crippen LogP contribution in [0.1, 0.15) is 36.2 Å². The van der Waals surface area contributed by atoms with Crippen molar-refractivity contribution in [3.05, 3.63) is 53.6 Å². The quantitative estimate of drug-likeness (QED) is 0.710. The molecule has 164 valence electrons. The van der Waals surface area contributed by atoms with E-state index < -0.39 is 0 Å². The highest BCUT2D eigenvalue weighted by Crippen LogP contribution is 2.32. The van der Waals surface area contributed by atoms with Crippen molar-refractivity contribution >= 4 is 47.8 Å². The average molecular weight is 451 g/mol. The van der Waals surface area contributed by atoms with Gasteiger partial charge in [0.2, 0.25) is 0 Å². The number of carbonyl (C=O) groups is 1. The van der Waals surface area contributed by atoms with E-state index in [9.17, 15) is 4.79 Å². The summed E-state index contributed by atoms with van der Waals surface area (Å²) in [5, 5.41) is 0. The molecule has 0 radical (unpaired) electrons. The SMILES string of the molecule is CC(C)N1CCN(c2ccc(C(=O)N3CCCc4c(N)cccc43)cc2)CC1.Cl.Cl. The molecule has 2 N–H and O–H groups in total. The highest BCUT2D eigenvalue weighted by Gasteiger charge is 2.25. The Labute approximate surface area is 192 Å². The molecular weight excluding hydrogens is 419 g/mol. The summed E-state index contributed by atoms with van der Waals surface area (Å²) in [6.45, 7) is 9.49. The van der Waals surface area contributed by atoms with Crippen LogP contribution in [0.25, 0.3) is 0 Å². The van der Waals surface area contributed by atoms with Crippen molar-refractivity contribution in [3.63, 3.8) is 0 Å². The normalized spacial score (nSPS) is 16.5. The number of benzene rings is 2. The molecule has 1 saturated heterocycles. The van der Waals surface area contributed by atoms with E-state index in [-0.39, 0.29) is 30.7 Å². The zero-order valence-corrected chi connectivity index (χ0v) is 19.3. The maximum Gasteiger partial charge on any atom is 0.258 e. The topological polar surface area (TPSA) is 52.8 Å². The van der Waals surface area contributed by atoms with Gasteiger partial charge in [0.25, 0.3) is 5.91 Å². The van der Waals surface area contributed by atoms with Crippen molar-refractivity contribution < 1.29 is 4.79 Å². The maximum atomic E-state index is 13.1. The smallest absolute Gasteiger partial charge is 0.258 e. The number of fused-ring (bicyclic) bond motifs is 1. The van der Waals surface area contributed by atoms with E-state index in [1.807, 2.05) is 35.2 Å². The second kappa shape index (κ2) is 10.4. The van der Waals surface area contributed by atoms with Crippen LogP contribution < -0.4 is 15.5 Å². The molecule has 5 nitrogen and oxygen atoms in total. The van der Waals surface area contributed by atoms with E-state index in [2.05, 4.69) is 35.8 Å². The number of piperazine rings is 1. The van der Waals surface area contributed by atoms with Crippen LogP contribution in [0.4, 0.5) is 17.1 Å². The van der Waals surface area contributed by atoms with Gasteiger partial charge in [0.05, 0.1) is 0 Å². The minimum atomic E-state index is 0. The Morgan fingerprint density at radius 1 is 0.933 bits per heavy atom. The van der Waals surface area contributed by atoms with Crippen molar-refractivity contribution in [1.82, 2.24) is 4.90 Å². The summed E-state index contributed by atoms with van der Waals surface area (Å²) in [5.74, 6) is 0.0581. The average Bonchev–Trinajstić information content (AvgIpc) is 2.73. The van der Waals surface area contributed by atoms with Crippen molar-refractivity contribution in [3.8, 4) is 0 Å². The molecule has 0 saturated carbocycles. The Kier molecular flexibility index (Phi) is 8.42. The fourth-order valence-corrected chi connectivity index (χ4v) is 4.33. The van der Waals surface area contributed by atoms with E-state index in [0.717, 1.165) is 68.1 Å². The number of nitrogen functional groups attached to an aromatic ring is 1. The molecule has 7 heteroatoms. The summed E-state index contributed by atoms with van der Waals surface area (Å²) < 4.78 is 0. The number of nitrogens with two attached hydrogens (primary N) is 1. The molecule has 0 unspecified atom stereocenters. The van der Waals surface area contributed by atoms with Crippen LogP contribution in [-0.2, 0) is 6.42 Å². The van der Waals surface area contributed by atoms with Gasteiger partial charge in [-0.1, -0.05) is 6.07 Å². The molecule has 2 aliphatic rings. The first-order chi connectivity index (χ1) is 13.5. The first-order valence-electron chi connectivity index (χ1n) is 10.3. The number of hydrogen-bond acceptors (Lipinski definition) is 4. The van der Waals surface area contributed by atoms with Gasteiger partial charge in [-0.2, -0.15) is 0 Å². The second-order valence-corrected chi connectivity index (χ2v) is 8.07. The van der Waals surface area contributed by atoms with Crippen molar-refractivity contribution in [2.24, 2.45) is 0 Å². The summed E-state index contributed by atoms with van der Waals surface area (Å²) in [6, 6.07) is 14.6. The molecule has 0 atom stereocenters. The molecule has 2 aromatic carbocycles. The first-order valence-corrected chi connectivity index (χ1v) is 10.3. The fourth-order valence-electron chi connectivity index (χ4n) is 4.33. The van der Waals surface area contributed by atoms with Crippen LogP contribution in [0, 0.1) is 0 Å². The van der Waals surface area contributed by atoms with Crippen LogP contribution in [0.15, 0.2) is 42.5 Å². The monoisotopic (exact) mass is 450 g/mol. The molecule has 0 bridgehead atoms. The van der Waals surface area contributed by atoms with Gasteiger partial charge in [0.1, 0.15) is 0 Å². The lowest BCUT2D eigenvalue weighted by Crippen LogP contribution is -2.48. The van der Waals surface area contributed by atoms with Crippen molar-refractivity contribution in [1.29, 1.82) is 0 Å². The van der Waals surface area contributed by atoms with Gasteiger partial charge in [0.15, 0.2) is 0 Å². The molecule has 2 heterocycles. The van der Waals surface area contributed by atoms with Crippen molar-refractivity contribution in [2.75, 3.05) is 48.3 Å². The number of amides is 1. The Balaban J connectivity index is 0.00000160. The molecule has 4 rings (SSSR count). The number of anilines is 3. The van der Waals surface area contributed by atoms with E-state index in [1.54, 1.807) is 0 Å². The highest BCUT2D eigenvalue weighted by atomic mass is 35.5. The van der Waals surface area contributed by atoms with Crippen LogP contribution in [0.2, 0.25) is 0 Å². The van der Waals surface area contributed by atoms with Gasteiger partial charge in [-0.05, 0) is 68.7 Å². The molecule has 30 heavy (non-hydrogen) atoms. The minimum absolute atomic E-state index is 0. The highest BCUT2D eigenvalue weighted by molar-refractivity contribution is 6.07. The lowest BCUT2D eigenvalue weighted by molar-refractivity contribution is 0.0985. The van der Waals surface area contributed by atoms with E-state index in [1.165, 1.54) is 5.69 Å². The van der Waals surface area contributed by atoms with E-state index in [0.29, 0.717) is 6.04 Å². The van der Waals surface area contributed by atoms with Gasteiger partial charge < -0.3 is 15.5 Å². The third-order valence-electron chi connectivity index (χ3n) is 6.06. The minimum Gasteiger partial charge on any atom is -0.398 e. The largest absolute Gasteiger partial charge is 0.398 e. The van der Waals surface area contributed by atoms with Gasteiger partial charge in [-0.3, -0.25) is 9.69 Å². The number of carbonyl (C=O) groups excluding carboxylic acids is 1. The molecule has 1 amide bonds. The van der Waals surface area contributed by atoms with Crippen LogP contribution >= 0.6 is 24.8 Å². The van der Waals surface area contributed by atoms with E-state index in [4.69, 9.17) is 5.73 Å². The summed E-state index contributed by atoms with van der Waals surface area (Å²) in [5.41, 5.74) is 10.9. The molecule has 0 spiro atoms. The fraction of sp³-hybridized carbons (Fsp3) is 0.435. The summed E-state index contributed by atoms with van der Waals surface area (Å²) in [7, 11) is 0. The Morgan fingerprint density at radius 3 is 2.23 bits per heavy atom. The second-order valence-electron chi connectivity index (χ2n) is 8.07. The Bertz CT molecular complexity index is 849. The summed E-state index contributed by atoms with van der Waals surface area (Å²) >= 11 is 0. The number of rotatable bonds is 3. The van der Waals surface area contributed by atoms with Gasteiger partial charge in [-0.25, -0.2) is 0 Å².